The number of carbonyl (C=O) groups excluding carboxylic acids is 2. The molecule has 1 aromatic heterocycles. The number of rotatable bonds is 4. The number of nitrogens with zero attached hydrogens (tertiary/aromatic N) is 2. The normalized spacial score (nSPS) is 11.7. The molecule has 0 aliphatic heterocycles. The molecule has 7 heteroatoms. The smallest absolute Gasteiger partial charge is 0.326 e. The Morgan fingerprint density at radius 1 is 1.23 bits per heavy atom. The van der Waals surface area contributed by atoms with Gasteiger partial charge in [-0.15, -0.1) is 0 Å². The number of benzene rings is 2. The minimum absolute atomic E-state index is 0.214. The summed E-state index contributed by atoms with van der Waals surface area (Å²) >= 11 is 1.15. The van der Waals surface area contributed by atoms with Gasteiger partial charge in [0, 0.05) is 5.56 Å². The molecule has 3 aromatic rings. The molecule has 0 atom stereocenters. The van der Waals surface area contributed by atoms with Crippen molar-refractivity contribution < 1.29 is 18.7 Å². The number of esters is 1. The SMILES string of the molecule is CCOC(=O)Cn1c(=NC(=O)c2cccc(C)c2)sc2cccc(F)c21. The molecule has 26 heavy (non-hydrogen) atoms. The molecule has 0 fully saturated rings. The number of hydrogen-bond donors (Lipinski definition) is 0. The second-order valence-electron chi connectivity index (χ2n) is 5.65. The van der Waals surface area contributed by atoms with Gasteiger partial charge in [-0.25, -0.2) is 4.39 Å². The quantitative estimate of drug-likeness (QED) is 0.659. The molecule has 0 aliphatic rings. The Morgan fingerprint density at radius 3 is 2.73 bits per heavy atom. The van der Waals surface area contributed by atoms with Crippen LogP contribution in [0.25, 0.3) is 10.2 Å². The van der Waals surface area contributed by atoms with Crippen LogP contribution < -0.4 is 4.80 Å². The van der Waals surface area contributed by atoms with Crippen molar-refractivity contribution in [2.75, 3.05) is 6.61 Å². The highest BCUT2D eigenvalue weighted by Crippen LogP contribution is 2.20. The Balaban J connectivity index is 2.13. The van der Waals surface area contributed by atoms with Crippen molar-refractivity contribution in [3.8, 4) is 0 Å². The van der Waals surface area contributed by atoms with E-state index in [4.69, 9.17) is 4.74 Å². The van der Waals surface area contributed by atoms with Crippen LogP contribution in [-0.4, -0.2) is 23.1 Å². The van der Waals surface area contributed by atoms with Gasteiger partial charge in [0.15, 0.2) is 4.80 Å². The Kier molecular flexibility index (Phi) is 5.27. The molecular weight excluding hydrogens is 355 g/mol. The first-order chi connectivity index (χ1) is 12.5. The number of hydrogen-bond acceptors (Lipinski definition) is 4. The number of amides is 1. The first-order valence-electron chi connectivity index (χ1n) is 8.08. The third-order valence-corrected chi connectivity index (χ3v) is 4.75. The van der Waals surface area contributed by atoms with Crippen LogP contribution in [0, 0.1) is 12.7 Å². The van der Waals surface area contributed by atoms with Crippen LogP contribution in [0.2, 0.25) is 0 Å². The summed E-state index contributed by atoms with van der Waals surface area (Å²) in [6, 6.07) is 11.7. The minimum Gasteiger partial charge on any atom is -0.465 e. The topological polar surface area (TPSA) is 60.7 Å². The van der Waals surface area contributed by atoms with Crippen LogP contribution in [0.15, 0.2) is 47.5 Å². The second-order valence-corrected chi connectivity index (χ2v) is 6.66. The lowest BCUT2D eigenvalue weighted by atomic mass is 10.1. The van der Waals surface area contributed by atoms with Gasteiger partial charge in [0.25, 0.3) is 5.91 Å². The second kappa shape index (κ2) is 7.61. The molecule has 1 amide bonds. The van der Waals surface area contributed by atoms with Gasteiger partial charge >= 0.3 is 5.97 Å². The number of aromatic nitrogens is 1. The fourth-order valence-corrected chi connectivity index (χ4v) is 3.63. The Hall–Kier alpha value is -2.80. The fourth-order valence-electron chi connectivity index (χ4n) is 2.58. The number of halogens is 1. The van der Waals surface area contributed by atoms with Crippen molar-refractivity contribution in [1.29, 1.82) is 0 Å². The van der Waals surface area contributed by atoms with Gasteiger partial charge in [0.05, 0.1) is 16.8 Å². The molecule has 0 saturated carbocycles. The van der Waals surface area contributed by atoms with Crippen LogP contribution in [0.1, 0.15) is 22.8 Å². The molecule has 0 bridgehead atoms. The standard InChI is InChI=1S/C19H17FN2O3S/c1-3-25-16(23)11-22-17-14(20)8-5-9-15(17)26-19(22)21-18(24)13-7-4-6-12(2)10-13/h4-10H,3,11H2,1-2H3. The lowest BCUT2D eigenvalue weighted by Crippen LogP contribution is -2.23. The minimum atomic E-state index is -0.514. The van der Waals surface area contributed by atoms with Crippen LogP contribution in [0.3, 0.4) is 0 Å². The van der Waals surface area contributed by atoms with Gasteiger partial charge in [0.1, 0.15) is 12.4 Å². The maximum Gasteiger partial charge on any atom is 0.326 e. The van der Waals surface area contributed by atoms with E-state index in [1.807, 2.05) is 13.0 Å². The van der Waals surface area contributed by atoms with Crippen LogP contribution in [0.5, 0.6) is 0 Å². The molecule has 0 unspecified atom stereocenters. The number of carbonyl (C=O) groups is 2. The highest BCUT2D eigenvalue weighted by Gasteiger charge is 2.15. The number of para-hydroxylation sites is 1. The monoisotopic (exact) mass is 372 g/mol. The van der Waals surface area contributed by atoms with Gasteiger partial charge in [-0.05, 0) is 38.1 Å². The summed E-state index contributed by atoms with van der Waals surface area (Å²) in [6.45, 7) is 3.58. The molecule has 0 saturated heterocycles. The molecule has 1 heterocycles. The Labute approximate surface area is 153 Å². The molecule has 3 rings (SSSR count). The average molecular weight is 372 g/mol. The van der Waals surface area contributed by atoms with Gasteiger partial charge in [-0.1, -0.05) is 35.1 Å². The van der Waals surface area contributed by atoms with E-state index in [0.29, 0.717) is 10.3 Å². The summed E-state index contributed by atoms with van der Waals surface area (Å²) < 4.78 is 21.3. The van der Waals surface area contributed by atoms with E-state index in [1.54, 1.807) is 37.3 Å². The molecule has 0 radical (unpaired) electrons. The molecule has 0 N–H and O–H groups in total. The molecule has 0 spiro atoms. The number of ether oxygens (including phenoxy) is 1. The summed E-state index contributed by atoms with van der Waals surface area (Å²) in [4.78, 5) is 28.8. The number of thiazole rings is 1. The molecule has 0 aliphatic carbocycles. The van der Waals surface area contributed by atoms with E-state index in [1.165, 1.54) is 10.6 Å². The number of fused-ring (bicyclic) bond motifs is 1. The van der Waals surface area contributed by atoms with E-state index < -0.39 is 17.7 Å². The maximum absolute atomic E-state index is 14.3. The van der Waals surface area contributed by atoms with Gasteiger partial charge in [0.2, 0.25) is 0 Å². The zero-order valence-electron chi connectivity index (χ0n) is 14.4. The van der Waals surface area contributed by atoms with Gasteiger partial charge in [-0.3, -0.25) is 9.59 Å². The van der Waals surface area contributed by atoms with Crippen molar-refractivity contribution in [2.24, 2.45) is 4.99 Å². The molecule has 134 valence electrons. The highest BCUT2D eigenvalue weighted by atomic mass is 32.1. The van der Waals surface area contributed by atoms with E-state index in [0.717, 1.165) is 16.9 Å². The maximum atomic E-state index is 14.3. The van der Waals surface area contributed by atoms with E-state index >= 15 is 0 Å². The molecule has 2 aromatic carbocycles. The van der Waals surface area contributed by atoms with Gasteiger partial charge in [-0.2, -0.15) is 4.99 Å². The lowest BCUT2D eigenvalue weighted by molar-refractivity contribution is -0.143. The molecular formula is C19H17FN2O3S. The van der Waals surface area contributed by atoms with Crippen LogP contribution in [-0.2, 0) is 16.1 Å². The van der Waals surface area contributed by atoms with Crippen molar-refractivity contribution in [3.05, 3.63) is 64.2 Å². The third-order valence-electron chi connectivity index (χ3n) is 3.71. The van der Waals surface area contributed by atoms with E-state index in [2.05, 4.69) is 4.99 Å². The highest BCUT2D eigenvalue weighted by molar-refractivity contribution is 7.16. The summed E-state index contributed by atoms with van der Waals surface area (Å²) in [7, 11) is 0. The zero-order valence-corrected chi connectivity index (χ0v) is 15.2. The van der Waals surface area contributed by atoms with Crippen molar-refractivity contribution in [2.45, 2.75) is 20.4 Å². The number of aryl methyl sites for hydroxylation is 1. The third kappa shape index (κ3) is 3.72. The van der Waals surface area contributed by atoms with Crippen molar-refractivity contribution in [3.63, 3.8) is 0 Å². The lowest BCUT2D eigenvalue weighted by Gasteiger charge is -2.05. The predicted molar refractivity (Wildman–Crippen MR) is 97.5 cm³/mol. The van der Waals surface area contributed by atoms with Crippen LogP contribution in [0.4, 0.5) is 4.39 Å². The van der Waals surface area contributed by atoms with E-state index in [9.17, 15) is 14.0 Å². The Morgan fingerprint density at radius 2 is 2.00 bits per heavy atom. The van der Waals surface area contributed by atoms with E-state index in [-0.39, 0.29) is 23.5 Å². The van der Waals surface area contributed by atoms with Crippen molar-refractivity contribution in [1.82, 2.24) is 4.57 Å². The largest absolute Gasteiger partial charge is 0.465 e. The first-order valence-corrected chi connectivity index (χ1v) is 8.90. The summed E-state index contributed by atoms with van der Waals surface area (Å²) in [5.74, 6) is -1.44. The van der Waals surface area contributed by atoms with Crippen LogP contribution >= 0.6 is 11.3 Å². The Bertz CT molecular complexity index is 1050. The van der Waals surface area contributed by atoms with Gasteiger partial charge < -0.3 is 9.30 Å². The van der Waals surface area contributed by atoms with Crippen molar-refractivity contribution >= 4 is 33.4 Å². The zero-order chi connectivity index (χ0) is 18.7. The summed E-state index contributed by atoms with van der Waals surface area (Å²) in [6.07, 6.45) is 0. The molecule has 5 nitrogen and oxygen atoms in total. The predicted octanol–water partition coefficient (Wildman–Crippen LogP) is 3.45. The summed E-state index contributed by atoms with van der Waals surface area (Å²) in [5.41, 5.74) is 1.61. The summed E-state index contributed by atoms with van der Waals surface area (Å²) in [5, 5.41) is 0. The fraction of sp³-hybridized carbons (Fsp3) is 0.211. The average Bonchev–Trinajstić information content (AvgIpc) is 2.93. The first kappa shape index (κ1) is 18.0.